The number of methoxy groups -OCH3 is 1. The lowest BCUT2D eigenvalue weighted by Gasteiger charge is -2.04. The third-order valence-corrected chi connectivity index (χ3v) is 7.72. The first-order valence-corrected chi connectivity index (χ1v) is 12.0. The zero-order chi connectivity index (χ0) is 24.2. The highest BCUT2D eigenvalue weighted by Crippen LogP contribution is 2.19. The summed E-state index contributed by atoms with van der Waals surface area (Å²) >= 11 is 0.910. The molecule has 0 N–H and O–H groups in total. The van der Waals surface area contributed by atoms with Crippen molar-refractivity contribution < 1.29 is 17.9 Å². The Morgan fingerprint density at radius 1 is 1.18 bits per heavy atom. The summed E-state index contributed by atoms with van der Waals surface area (Å²) in [5, 5.41) is 9.76. The molecule has 2 aromatic carbocycles. The van der Waals surface area contributed by atoms with Crippen LogP contribution in [0.15, 0.2) is 70.9 Å². The number of sulfone groups is 1. The van der Waals surface area contributed by atoms with Gasteiger partial charge >= 0.3 is 5.97 Å². The van der Waals surface area contributed by atoms with Gasteiger partial charge in [0.1, 0.15) is 10.7 Å². The van der Waals surface area contributed by atoms with Crippen molar-refractivity contribution >= 4 is 38.1 Å². The van der Waals surface area contributed by atoms with Gasteiger partial charge in [0, 0.05) is 6.54 Å². The molecule has 0 radical (unpaired) electrons. The van der Waals surface area contributed by atoms with E-state index in [0.717, 1.165) is 16.9 Å². The molecular formula is C24H20N2O5S2. The minimum Gasteiger partial charge on any atom is -0.465 e. The highest BCUT2D eigenvalue weighted by atomic mass is 32.2. The van der Waals surface area contributed by atoms with E-state index in [2.05, 4.69) is 11.3 Å². The molecule has 0 amide bonds. The molecule has 0 saturated heterocycles. The van der Waals surface area contributed by atoms with Crippen molar-refractivity contribution in [2.24, 2.45) is 0 Å². The summed E-state index contributed by atoms with van der Waals surface area (Å²) in [7, 11) is -2.87. The van der Waals surface area contributed by atoms with Crippen LogP contribution in [0, 0.1) is 18.3 Å². The van der Waals surface area contributed by atoms with Gasteiger partial charge in [0.25, 0.3) is 5.56 Å². The van der Waals surface area contributed by atoms with Crippen LogP contribution in [0.1, 0.15) is 21.5 Å². The van der Waals surface area contributed by atoms with E-state index >= 15 is 0 Å². The third-order valence-electron chi connectivity index (χ3n) is 4.74. The number of ether oxygens (including phenoxy) is 1. The van der Waals surface area contributed by atoms with Crippen LogP contribution in [0.4, 0.5) is 0 Å². The molecule has 0 spiro atoms. The lowest BCUT2D eigenvalue weighted by atomic mass is 10.1. The molecule has 9 heteroatoms. The minimum absolute atomic E-state index is 0.0282. The molecule has 1 aromatic heterocycles. The summed E-state index contributed by atoms with van der Waals surface area (Å²) in [6, 6.07) is 14.3. The highest BCUT2D eigenvalue weighted by molar-refractivity contribution is 8.00. The monoisotopic (exact) mass is 480 g/mol. The number of carbonyl (C=O) groups is 1. The van der Waals surface area contributed by atoms with Crippen molar-refractivity contribution in [3.05, 3.63) is 97.4 Å². The van der Waals surface area contributed by atoms with E-state index in [-0.39, 0.29) is 20.6 Å². The molecule has 0 unspecified atom stereocenters. The Hall–Kier alpha value is -3.74. The van der Waals surface area contributed by atoms with E-state index in [4.69, 9.17) is 0 Å². The number of thiazole rings is 1. The maximum Gasteiger partial charge on any atom is 0.337 e. The van der Waals surface area contributed by atoms with Gasteiger partial charge in [0.05, 0.1) is 22.1 Å². The number of esters is 1. The van der Waals surface area contributed by atoms with Crippen molar-refractivity contribution in [2.45, 2.75) is 18.4 Å². The second-order valence-corrected chi connectivity index (χ2v) is 9.91. The lowest BCUT2D eigenvalue weighted by molar-refractivity contribution is 0.0600. The van der Waals surface area contributed by atoms with Crippen LogP contribution in [0.3, 0.4) is 0 Å². The van der Waals surface area contributed by atoms with Crippen LogP contribution < -0.4 is 14.8 Å². The molecule has 1 heterocycles. The van der Waals surface area contributed by atoms with Crippen LogP contribution in [-0.2, 0) is 21.1 Å². The fraction of sp³-hybridized carbons (Fsp3) is 0.125. The summed E-state index contributed by atoms with van der Waals surface area (Å²) in [4.78, 5) is 24.1. The molecule has 0 saturated carbocycles. The minimum atomic E-state index is -4.15. The van der Waals surface area contributed by atoms with Gasteiger partial charge in [-0.2, -0.15) is 5.26 Å². The van der Waals surface area contributed by atoms with Crippen molar-refractivity contribution in [3.63, 3.8) is 0 Å². The topological polar surface area (TPSA) is 106 Å². The summed E-state index contributed by atoms with van der Waals surface area (Å²) in [5.41, 5.74) is 1.41. The van der Waals surface area contributed by atoms with E-state index in [1.165, 1.54) is 29.9 Å². The first-order valence-electron chi connectivity index (χ1n) is 9.69. The first kappa shape index (κ1) is 23.9. The predicted octanol–water partition coefficient (Wildman–Crippen LogP) is 2.13. The zero-order valence-electron chi connectivity index (χ0n) is 17.9. The lowest BCUT2D eigenvalue weighted by Crippen LogP contribution is -2.32. The normalized spacial score (nSPS) is 12.7. The number of aromatic nitrogens is 1. The Balaban J connectivity index is 2.26. The van der Waals surface area contributed by atoms with Gasteiger partial charge in [-0.25, -0.2) is 13.2 Å². The Bertz CT molecular complexity index is 1540. The van der Waals surface area contributed by atoms with E-state index in [1.54, 1.807) is 48.5 Å². The second-order valence-electron chi connectivity index (χ2n) is 6.99. The molecule has 0 aliphatic heterocycles. The first-order chi connectivity index (χ1) is 15.7. The van der Waals surface area contributed by atoms with Gasteiger partial charge in [-0.15, -0.1) is 17.9 Å². The number of hydrogen-bond acceptors (Lipinski definition) is 7. The van der Waals surface area contributed by atoms with Gasteiger partial charge in [-0.05, 0) is 42.8 Å². The summed E-state index contributed by atoms with van der Waals surface area (Å²) in [6.45, 7) is 5.49. The molecule has 33 heavy (non-hydrogen) atoms. The summed E-state index contributed by atoms with van der Waals surface area (Å²) < 4.78 is 32.5. The van der Waals surface area contributed by atoms with Crippen LogP contribution in [-0.4, -0.2) is 26.1 Å². The number of rotatable bonds is 6. The number of hydrogen-bond donors (Lipinski definition) is 0. The number of nitriles is 1. The molecule has 7 nitrogen and oxygen atoms in total. The van der Waals surface area contributed by atoms with E-state index < -0.39 is 26.3 Å². The predicted molar refractivity (Wildman–Crippen MR) is 127 cm³/mol. The zero-order valence-corrected chi connectivity index (χ0v) is 19.6. The number of nitrogens with zero attached hydrogens (tertiary/aromatic N) is 2. The standard InChI is InChI=1S/C24H20N2O5S2/c1-4-13-26-22(27)20(14-17-7-9-18(10-8-17)24(28)31-3)32-23(26)21(15-25)33(29,30)19-11-5-16(2)6-12-19/h4-12,14H,1,13H2,2-3H3/b20-14+,23-21+. The molecular weight excluding hydrogens is 460 g/mol. The van der Waals surface area contributed by atoms with Gasteiger partial charge in [0.15, 0.2) is 4.91 Å². The Kier molecular flexibility index (Phi) is 7.11. The summed E-state index contributed by atoms with van der Waals surface area (Å²) in [6.07, 6.45) is 3.03. The number of benzene rings is 2. The van der Waals surface area contributed by atoms with E-state index in [9.17, 15) is 23.3 Å². The maximum atomic E-state index is 13.2. The molecule has 0 atom stereocenters. The smallest absolute Gasteiger partial charge is 0.337 e. The van der Waals surface area contributed by atoms with Crippen LogP contribution in [0.25, 0.3) is 11.0 Å². The van der Waals surface area contributed by atoms with Gasteiger partial charge in [-0.3, -0.25) is 9.36 Å². The summed E-state index contributed by atoms with van der Waals surface area (Å²) in [5.74, 6) is -0.483. The number of carbonyl (C=O) groups excluding carboxylic acids is 1. The third kappa shape index (κ3) is 4.87. The average Bonchev–Trinajstić information content (AvgIpc) is 3.09. The van der Waals surface area contributed by atoms with Crippen LogP contribution >= 0.6 is 11.3 Å². The fourth-order valence-electron chi connectivity index (χ4n) is 3.03. The largest absolute Gasteiger partial charge is 0.465 e. The second kappa shape index (κ2) is 9.81. The van der Waals surface area contributed by atoms with E-state index in [0.29, 0.717) is 11.1 Å². The Labute approximate surface area is 194 Å². The molecule has 0 aliphatic rings. The quantitative estimate of drug-likeness (QED) is 0.395. The van der Waals surface area contributed by atoms with Gasteiger partial charge in [0.2, 0.25) is 9.84 Å². The molecule has 3 rings (SSSR count). The highest BCUT2D eigenvalue weighted by Gasteiger charge is 2.24. The average molecular weight is 481 g/mol. The van der Waals surface area contributed by atoms with E-state index in [1.807, 2.05) is 6.92 Å². The van der Waals surface area contributed by atoms with Crippen molar-refractivity contribution in [1.82, 2.24) is 4.57 Å². The van der Waals surface area contributed by atoms with Gasteiger partial charge < -0.3 is 4.74 Å². The molecule has 3 aromatic rings. The van der Waals surface area contributed by atoms with Crippen molar-refractivity contribution in [3.8, 4) is 6.07 Å². The molecule has 0 fully saturated rings. The number of aryl methyl sites for hydroxylation is 1. The molecule has 0 bridgehead atoms. The fourth-order valence-corrected chi connectivity index (χ4v) is 5.68. The van der Waals surface area contributed by atoms with Gasteiger partial charge in [-0.1, -0.05) is 35.9 Å². The van der Waals surface area contributed by atoms with Crippen LogP contribution in [0.2, 0.25) is 0 Å². The Morgan fingerprint density at radius 3 is 2.36 bits per heavy atom. The molecule has 168 valence electrons. The molecule has 0 aliphatic carbocycles. The Morgan fingerprint density at radius 2 is 1.82 bits per heavy atom. The SMILES string of the molecule is C=CCn1c(=O)/c(=C\c2ccc(C(=O)OC)cc2)s/c1=C(\C#N)S(=O)(=O)c1ccc(C)cc1. The van der Waals surface area contributed by atoms with Crippen molar-refractivity contribution in [2.75, 3.05) is 7.11 Å². The maximum absolute atomic E-state index is 13.2. The van der Waals surface area contributed by atoms with Crippen LogP contribution in [0.5, 0.6) is 0 Å². The number of allylic oxidation sites excluding steroid dienone is 1. The van der Waals surface area contributed by atoms with Crippen molar-refractivity contribution in [1.29, 1.82) is 5.26 Å².